The molecule has 0 bridgehead atoms. The fraction of sp³-hybridized carbons (Fsp3) is 0.250. The van der Waals surface area contributed by atoms with E-state index < -0.39 is 22.0 Å². The van der Waals surface area contributed by atoms with Crippen LogP contribution in [0, 0.1) is 0 Å². The Morgan fingerprint density at radius 1 is 1.00 bits per heavy atom. The summed E-state index contributed by atoms with van der Waals surface area (Å²) < 4.78 is 37.3. The first-order valence-corrected chi connectivity index (χ1v) is 12.3. The van der Waals surface area contributed by atoms with E-state index in [0.29, 0.717) is 36.1 Å². The fourth-order valence-electron chi connectivity index (χ4n) is 3.67. The molecule has 0 saturated carbocycles. The predicted molar refractivity (Wildman–Crippen MR) is 126 cm³/mol. The molecule has 2 aromatic carbocycles. The summed E-state index contributed by atoms with van der Waals surface area (Å²) in [5.41, 5.74) is 3.14. The lowest BCUT2D eigenvalue weighted by Crippen LogP contribution is -2.45. The van der Waals surface area contributed by atoms with Gasteiger partial charge in [0.1, 0.15) is 19.3 Å². The Hall–Kier alpha value is -3.59. The van der Waals surface area contributed by atoms with Gasteiger partial charge in [0.2, 0.25) is 15.9 Å². The zero-order valence-electron chi connectivity index (χ0n) is 18.4. The van der Waals surface area contributed by atoms with Gasteiger partial charge in [-0.15, -0.1) is 0 Å². The van der Waals surface area contributed by atoms with E-state index in [0.717, 1.165) is 28.1 Å². The van der Waals surface area contributed by atoms with Gasteiger partial charge in [-0.05, 0) is 60.9 Å². The summed E-state index contributed by atoms with van der Waals surface area (Å²) in [7, 11) is -3.75. The number of amides is 1. The van der Waals surface area contributed by atoms with E-state index in [4.69, 9.17) is 9.47 Å². The van der Waals surface area contributed by atoms with Gasteiger partial charge in [0.05, 0.1) is 11.9 Å². The quantitative estimate of drug-likeness (QED) is 0.573. The van der Waals surface area contributed by atoms with Crippen LogP contribution >= 0.6 is 0 Å². The Balaban J connectivity index is 1.49. The lowest BCUT2D eigenvalue weighted by molar-refractivity contribution is -0.116. The molecule has 0 spiro atoms. The van der Waals surface area contributed by atoms with Crippen molar-refractivity contribution < 1.29 is 22.7 Å². The largest absolute Gasteiger partial charge is 0.486 e. The molecule has 4 rings (SSSR count). The fourth-order valence-corrected chi connectivity index (χ4v) is 4.83. The van der Waals surface area contributed by atoms with E-state index in [9.17, 15) is 13.2 Å². The molecule has 1 amide bonds. The number of nitrogens with zero attached hydrogens (tertiary/aromatic N) is 2. The van der Waals surface area contributed by atoms with Crippen molar-refractivity contribution in [3.05, 3.63) is 78.1 Å². The zero-order chi connectivity index (χ0) is 23.4. The van der Waals surface area contributed by atoms with Gasteiger partial charge in [0.25, 0.3) is 0 Å². The van der Waals surface area contributed by atoms with Gasteiger partial charge in [-0.1, -0.05) is 12.1 Å². The highest BCUT2D eigenvalue weighted by molar-refractivity contribution is 7.92. The Morgan fingerprint density at radius 2 is 1.64 bits per heavy atom. The van der Waals surface area contributed by atoms with Gasteiger partial charge in [0, 0.05) is 24.1 Å². The Kier molecular flexibility index (Phi) is 6.50. The van der Waals surface area contributed by atoms with Gasteiger partial charge >= 0.3 is 0 Å². The molecule has 2 heterocycles. The molecule has 1 atom stereocenters. The number of rotatable bonds is 7. The van der Waals surface area contributed by atoms with E-state index in [-0.39, 0.29) is 0 Å². The van der Waals surface area contributed by atoms with Gasteiger partial charge in [0.15, 0.2) is 11.5 Å². The molecule has 8 nitrogen and oxygen atoms in total. The number of fused-ring (bicyclic) bond motifs is 1. The number of hydrogen-bond acceptors (Lipinski definition) is 6. The minimum Gasteiger partial charge on any atom is -0.486 e. The van der Waals surface area contributed by atoms with Gasteiger partial charge in [-0.2, -0.15) is 0 Å². The highest BCUT2D eigenvalue weighted by Crippen LogP contribution is 2.35. The van der Waals surface area contributed by atoms with E-state index in [1.54, 1.807) is 49.6 Å². The van der Waals surface area contributed by atoms with Crippen LogP contribution in [0.5, 0.6) is 11.5 Å². The van der Waals surface area contributed by atoms with Crippen molar-refractivity contribution in [3.63, 3.8) is 0 Å². The predicted octanol–water partition coefficient (Wildman–Crippen LogP) is 3.24. The highest BCUT2D eigenvalue weighted by Gasteiger charge is 2.30. The summed E-state index contributed by atoms with van der Waals surface area (Å²) >= 11 is 0. The second-order valence-corrected chi connectivity index (χ2v) is 9.64. The van der Waals surface area contributed by atoms with Crippen LogP contribution in [-0.2, 0) is 21.2 Å². The number of nitrogens with one attached hydrogen (secondary N) is 1. The first-order valence-electron chi connectivity index (χ1n) is 10.5. The lowest BCUT2D eigenvalue weighted by atomic mass is 10.1. The Morgan fingerprint density at radius 3 is 2.30 bits per heavy atom. The molecular formula is C24H25N3O5S. The van der Waals surface area contributed by atoms with Gasteiger partial charge in [-0.3, -0.25) is 14.1 Å². The molecular weight excluding hydrogens is 442 g/mol. The number of benzene rings is 2. The molecule has 0 aliphatic carbocycles. The first-order chi connectivity index (χ1) is 15.8. The minimum absolute atomic E-state index is 0.331. The normalized spacial score (nSPS) is 13.8. The maximum absolute atomic E-state index is 13.0. The third-order valence-corrected chi connectivity index (χ3v) is 6.49. The van der Waals surface area contributed by atoms with Crippen LogP contribution in [0.1, 0.15) is 18.1 Å². The number of sulfonamides is 1. The summed E-state index contributed by atoms with van der Waals surface area (Å²) in [4.78, 5) is 17.0. The van der Waals surface area contributed by atoms with Crippen LogP contribution in [0.4, 0.5) is 11.4 Å². The standard InChI is InChI=1S/C24H25N3O5S/c1-17(27(33(2,29)30)21-7-8-22-23(16-21)32-14-13-31-22)24(28)26-20-5-3-18(4-6-20)15-19-9-11-25-12-10-19/h3-12,16-17H,13-15H2,1-2H3,(H,26,28)/t17-/m1/s1. The molecule has 172 valence electrons. The number of ether oxygens (including phenoxy) is 2. The molecule has 0 saturated heterocycles. The van der Waals surface area contributed by atoms with Gasteiger partial charge in [-0.25, -0.2) is 8.42 Å². The van der Waals surface area contributed by atoms with Crippen LogP contribution < -0.4 is 19.1 Å². The summed E-state index contributed by atoms with van der Waals surface area (Å²) in [5.74, 6) is 0.546. The number of aromatic nitrogens is 1. The monoisotopic (exact) mass is 467 g/mol. The molecule has 0 unspecified atom stereocenters. The van der Waals surface area contributed by atoms with E-state index >= 15 is 0 Å². The van der Waals surface area contributed by atoms with E-state index in [2.05, 4.69) is 10.3 Å². The second kappa shape index (κ2) is 9.50. The van der Waals surface area contributed by atoms with Crippen LogP contribution in [0.2, 0.25) is 0 Å². The van der Waals surface area contributed by atoms with Crippen molar-refractivity contribution in [2.24, 2.45) is 0 Å². The van der Waals surface area contributed by atoms with Crippen LogP contribution in [0.3, 0.4) is 0 Å². The summed E-state index contributed by atoms with van der Waals surface area (Å²) in [6.45, 7) is 2.36. The average Bonchev–Trinajstić information content (AvgIpc) is 2.80. The minimum atomic E-state index is -3.75. The Labute approximate surface area is 193 Å². The van der Waals surface area contributed by atoms with Crippen LogP contribution in [-0.4, -0.2) is 44.8 Å². The maximum atomic E-state index is 13.0. The number of carbonyl (C=O) groups excluding carboxylic acids is 1. The number of hydrogen-bond donors (Lipinski definition) is 1. The van der Waals surface area contributed by atoms with Crippen molar-refractivity contribution in [3.8, 4) is 11.5 Å². The first kappa shape index (κ1) is 22.6. The van der Waals surface area contributed by atoms with Crippen LogP contribution in [0.15, 0.2) is 67.0 Å². The molecule has 9 heteroatoms. The number of carbonyl (C=O) groups is 1. The van der Waals surface area contributed by atoms with Gasteiger partial charge < -0.3 is 14.8 Å². The van der Waals surface area contributed by atoms with Crippen molar-refractivity contribution in [1.82, 2.24) is 4.98 Å². The van der Waals surface area contributed by atoms with Crippen molar-refractivity contribution in [2.75, 3.05) is 29.1 Å². The summed E-state index contributed by atoms with van der Waals surface area (Å²) in [6, 6.07) is 15.2. The summed E-state index contributed by atoms with van der Waals surface area (Å²) in [6.07, 6.45) is 5.32. The summed E-state index contributed by atoms with van der Waals surface area (Å²) in [5, 5.41) is 2.81. The molecule has 1 aromatic heterocycles. The molecule has 0 fully saturated rings. The topological polar surface area (TPSA) is 97.8 Å². The van der Waals surface area contributed by atoms with Crippen LogP contribution in [0.25, 0.3) is 0 Å². The van der Waals surface area contributed by atoms with E-state index in [1.165, 1.54) is 0 Å². The smallest absolute Gasteiger partial charge is 0.247 e. The van der Waals surface area contributed by atoms with Crippen molar-refractivity contribution in [2.45, 2.75) is 19.4 Å². The third kappa shape index (κ3) is 5.43. The molecule has 3 aromatic rings. The maximum Gasteiger partial charge on any atom is 0.247 e. The molecule has 1 N–H and O–H groups in total. The van der Waals surface area contributed by atoms with Crippen molar-refractivity contribution in [1.29, 1.82) is 0 Å². The SMILES string of the molecule is C[C@H](C(=O)Nc1ccc(Cc2ccncc2)cc1)N(c1ccc2c(c1)OCCO2)S(C)(=O)=O. The zero-order valence-corrected chi connectivity index (χ0v) is 19.2. The molecule has 0 radical (unpaired) electrons. The molecule has 33 heavy (non-hydrogen) atoms. The van der Waals surface area contributed by atoms with Crippen molar-refractivity contribution >= 4 is 27.3 Å². The second-order valence-electron chi connectivity index (χ2n) is 7.78. The van der Waals surface area contributed by atoms with E-state index in [1.807, 2.05) is 24.3 Å². The molecule has 1 aliphatic heterocycles. The molecule has 1 aliphatic rings. The third-order valence-electron chi connectivity index (χ3n) is 5.25. The number of pyridine rings is 1. The number of anilines is 2. The Bertz CT molecular complexity index is 1230. The average molecular weight is 468 g/mol. The lowest BCUT2D eigenvalue weighted by Gasteiger charge is -2.29. The highest BCUT2D eigenvalue weighted by atomic mass is 32.2.